The van der Waals surface area contributed by atoms with Crippen LogP contribution in [0.25, 0.3) is 0 Å². The molecular formula is C19H29BN2O3. The fourth-order valence-corrected chi connectivity index (χ4v) is 3.24. The first-order valence-electron chi connectivity index (χ1n) is 9.10. The number of amides is 1. The Labute approximate surface area is 151 Å². The molecule has 0 spiro atoms. The van der Waals surface area contributed by atoms with Crippen molar-refractivity contribution in [2.45, 2.75) is 52.4 Å². The Hall–Kier alpha value is -1.37. The normalized spacial score (nSPS) is 23.1. The average molecular weight is 344 g/mol. The fourth-order valence-electron chi connectivity index (χ4n) is 3.24. The Balaban J connectivity index is 1.58. The molecule has 1 aromatic rings. The molecule has 1 aromatic carbocycles. The van der Waals surface area contributed by atoms with Gasteiger partial charge in [0.15, 0.2) is 0 Å². The molecule has 2 aliphatic rings. The molecular weight excluding hydrogens is 315 g/mol. The van der Waals surface area contributed by atoms with Gasteiger partial charge in [0.05, 0.1) is 11.2 Å². The molecule has 0 radical (unpaired) electrons. The molecule has 0 bridgehead atoms. The maximum absolute atomic E-state index is 11.4. The third kappa shape index (κ3) is 3.91. The van der Waals surface area contributed by atoms with E-state index in [1.807, 2.05) is 4.90 Å². The van der Waals surface area contributed by atoms with E-state index in [0.717, 1.165) is 38.2 Å². The monoisotopic (exact) mass is 344 g/mol. The first-order valence-corrected chi connectivity index (χ1v) is 9.10. The Morgan fingerprint density at radius 3 is 2.00 bits per heavy atom. The molecule has 2 aliphatic heterocycles. The van der Waals surface area contributed by atoms with Gasteiger partial charge in [0.1, 0.15) is 0 Å². The molecule has 25 heavy (non-hydrogen) atoms. The number of nitrogens with zero attached hydrogens (tertiary/aromatic N) is 2. The highest BCUT2D eigenvalue weighted by atomic mass is 16.7. The van der Waals surface area contributed by atoms with Gasteiger partial charge >= 0.3 is 7.12 Å². The minimum atomic E-state index is -0.313. The molecule has 136 valence electrons. The topological polar surface area (TPSA) is 42.0 Å². The number of carbonyl (C=O) groups is 1. The van der Waals surface area contributed by atoms with Crippen LogP contribution in [0.3, 0.4) is 0 Å². The van der Waals surface area contributed by atoms with E-state index in [9.17, 15) is 4.79 Å². The van der Waals surface area contributed by atoms with E-state index in [1.54, 1.807) is 6.92 Å². The van der Waals surface area contributed by atoms with Gasteiger partial charge in [-0.05, 0) is 38.7 Å². The smallest absolute Gasteiger partial charge is 0.399 e. The Kier molecular flexibility index (Phi) is 4.97. The van der Waals surface area contributed by atoms with Gasteiger partial charge in [-0.1, -0.05) is 24.3 Å². The van der Waals surface area contributed by atoms with E-state index in [-0.39, 0.29) is 24.2 Å². The Morgan fingerprint density at radius 2 is 1.52 bits per heavy atom. The molecule has 3 rings (SSSR count). The predicted molar refractivity (Wildman–Crippen MR) is 99.7 cm³/mol. The highest BCUT2D eigenvalue weighted by Gasteiger charge is 2.51. The molecule has 0 N–H and O–H groups in total. The molecule has 1 amide bonds. The van der Waals surface area contributed by atoms with Crippen molar-refractivity contribution < 1.29 is 14.1 Å². The van der Waals surface area contributed by atoms with E-state index in [1.165, 1.54) is 5.56 Å². The molecule has 2 saturated heterocycles. The summed E-state index contributed by atoms with van der Waals surface area (Å²) in [6.45, 7) is 14.3. The molecule has 0 atom stereocenters. The third-order valence-electron chi connectivity index (χ3n) is 5.73. The number of hydrogen-bond acceptors (Lipinski definition) is 4. The lowest BCUT2D eigenvalue weighted by Gasteiger charge is -2.34. The van der Waals surface area contributed by atoms with Crippen molar-refractivity contribution in [3.8, 4) is 0 Å². The minimum absolute atomic E-state index is 0.173. The molecule has 0 unspecified atom stereocenters. The number of piperazine rings is 1. The standard InChI is InChI=1S/C19H29BN2O3/c1-15(23)22-12-10-21(11-13-22)14-16-6-8-17(9-7-16)20-24-18(2,3)19(4,5)25-20/h6-9H,10-14H2,1-5H3. The predicted octanol–water partition coefficient (Wildman–Crippen LogP) is 1.65. The van der Waals surface area contributed by atoms with Gasteiger partial charge in [0, 0.05) is 39.6 Å². The summed E-state index contributed by atoms with van der Waals surface area (Å²) >= 11 is 0. The average Bonchev–Trinajstić information content (AvgIpc) is 2.76. The second-order valence-electron chi connectivity index (χ2n) is 8.11. The van der Waals surface area contributed by atoms with Crippen molar-refractivity contribution in [2.24, 2.45) is 0 Å². The summed E-state index contributed by atoms with van der Waals surface area (Å²) in [5, 5.41) is 0. The van der Waals surface area contributed by atoms with Crippen LogP contribution in [0.2, 0.25) is 0 Å². The third-order valence-corrected chi connectivity index (χ3v) is 5.73. The molecule has 0 aliphatic carbocycles. The summed E-state index contributed by atoms with van der Waals surface area (Å²) < 4.78 is 12.2. The second-order valence-corrected chi connectivity index (χ2v) is 8.11. The zero-order valence-corrected chi connectivity index (χ0v) is 16.0. The van der Waals surface area contributed by atoms with Crippen molar-refractivity contribution in [3.05, 3.63) is 29.8 Å². The van der Waals surface area contributed by atoms with Crippen LogP contribution in [-0.2, 0) is 20.6 Å². The van der Waals surface area contributed by atoms with Gasteiger partial charge in [0.2, 0.25) is 5.91 Å². The number of benzene rings is 1. The lowest BCUT2D eigenvalue weighted by molar-refractivity contribution is -0.130. The van der Waals surface area contributed by atoms with E-state index < -0.39 is 0 Å². The van der Waals surface area contributed by atoms with Crippen molar-refractivity contribution >= 4 is 18.5 Å². The molecule has 0 saturated carbocycles. The number of rotatable bonds is 3. The fraction of sp³-hybridized carbons (Fsp3) is 0.632. The second kappa shape index (κ2) is 6.74. The van der Waals surface area contributed by atoms with Gasteiger partial charge in [-0.15, -0.1) is 0 Å². The zero-order valence-electron chi connectivity index (χ0n) is 16.0. The van der Waals surface area contributed by atoms with Crippen molar-refractivity contribution in [1.82, 2.24) is 9.80 Å². The van der Waals surface area contributed by atoms with Crippen LogP contribution in [0, 0.1) is 0 Å². The molecule has 2 fully saturated rings. The Bertz CT molecular complexity index is 606. The van der Waals surface area contributed by atoms with Crippen molar-refractivity contribution in [1.29, 1.82) is 0 Å². The van der Waals surface area contributed by atoms with E-state index in [2.05, 4.69) is 56.9 Å². The van der Waals surface area contributed by atoms with Gasteiger partial charge < -0.3 is 14.2 Å². The SMILES string of the molecule is CC(=O)N1CCN(Cc2ccc(B3OC(C)(C)C(C)(C)O3)cc2)CC1. The van der Waals surface area contributed by atoms with Crippen LogP contribution in [0.1, 0.15) is 40.2 Å². The molecule has 0 aromatic heterocycles. The van der Waals surface area contributed by atoms with Crippen LogP contribution in [0.15, 0.2) is 24.3 Å². The summed E-state index contributed by atoms with van der Waals surface area (Å²) in [7, 11) is -0.307. The summed E-state index contributed by atoms with van der Waals surface area (Å²) in [5.41, 5.74) is 1.71. The van der Waals surface area contributed by atoms with E-state index >= 15 is 0 Å². The number of hydrogen-bond donors (Lipinski definition) is 0. The van der Waals surface area contributed by atoms with Crippen LogP contribution in [0.4, 0.5) is 0 Å². The van der Waals surface area contributed by atoms with Crippen molar-refractivity contribution in [2.75, 3.05) is 26.2 Å². The van der Waals surface area contributed by atoms with Gasteiger partial charge in [-0.3, -0.25) is 9.69 Å². The van der Waals surface area contributed by atoms with Crippen LogP contribution < -0.4 is 5.46 Å². The summed E-state index contributed by atoms with van der Waals surface area (Å²) in [6, 6.07) is 8.50. The largest absolute Gasteiger partial charge is 0.494 e. The maximum atomic E-state index is 11.4. The van der Waals surface area contributed by atoms with Crippen LogP contribution >= 0.6 is 0 Å². The Morgan fingerprint density at radius 1 is 1.00 bits per heavy atom. The first-order chi connectivity index (χ1) is 11.7. The maximum Gasteiger partial charge on any atom is 0.494 e. The summed E-state index contributed by atoms with van der Waals surface area (Å²) in [5.74, 6) is 0.173. The molecule has 6 heteroatoms. The highest BCUT2D eigenvalue weighted by Crippen LogP contribution is 2.36. The highest BCUT2D eigenvalue weighted by molar-refractivity contribution is 6.62. The molecule has 5 nitrogen and oxygen atoms in total. The van der Waals surface area contributed by atoms with Gasteiger partial charge in [0.25, 0.3) is 0 Å². The lowest BCUT2D eigenvalue weighted by Crippen LogP contribution is -2.47. The molecule has 2 heterocycles. The van der Waals surface area contributed by atoms with Crippen LogP contribution in [-0.4, -0.2) is 60.2 Å². The lowest BCUT2D eigenvalue weighted by atomic mass is 9.79. The first kappa shape index (κ1) is 18.4. The minimum Gasteiger partial charge on any atom is -0.399 e. The number of carbonyl (C=O) groups excluding carboxylic acids is 1. The van der Waals surface area contributed by atoms with Gasteiger partial charge in [-0.2, -0.15) is 0 Å². The van der Waals surface area contributed by atoms with Gasteiger partial charge in [-0.25, -0.2) is 0 Å². The summed E-state index contributed by atoms with van der Waals surface area (Å²) in [6.07, 6.45) is 0. The van der Waals surface area contributed by atoms with E-state index in [4.69, 9.17) is 9.31 Å². The van der Waals surface area contributed by atoms with E-state index in [0.29, 0.717) is 0 Å². The zero-order chi connectivity index (χ0) is 18.2. The quantitative estimate of drug-likeness (QED) is 0.782. The van der Waals surface area contributed by atoms with Crippen LogP contribution in [0.5, 0.6) is 0 Å². The summed E-state index contributed by atoms with van der Waals surface area (Å²) in [4.78, 5) is 15.7. The van der Waals surface area contributed by atoms with Crippen molar-refractivity contribution in [3.63, 3.8) is 0 Å².